The molecule has 0 unspecified atom stereocenters. The number of sulfonamides is 1. The molecule has 136 valence electrons. The Kier molecular flexibility index (Phi) is 5.29. The molecule has 1 heterocycles. The minimum atomic E-state index is -3.73. The molecule has 8 heteroatoms. The van der Waals surface area contributed by atoms with Gasteiger partial charge in [-0.3, -0.25) is 4.79 Å². The van der Waals surface area contributed by atoms with Gasteiger partial charge in [0.05, 0.1) is 5.69 Å². The zero-order valence-electron chi connectivity index (χ0n) is 14.1. The Morgan fingerprint density at radius 1 is 1.19 bits per heavy atom. The van der Waals surface area contributed by atoms with E-state index in [1.54, 1.807) is 24.3 Å². The Morgan fingerprint density at radius 3 is 2.65 bits per heavy atom. The molecule has 0 bridgehead atoms. The number of aryl methyl sites for hydroxylation is 1. The third-order valence-electron chi connectivity index (χ3n) is 3.91. The molecule has 1 amide bonds. The van der Waals surface area contributed by atoms with Crippen molar-refractivity contribution in [2.75, 3.05) is 5.32 Å². The predicted molar refractivity (Wildman–Crippen MR) is 102 cm³/mol. The zero-order chi connectivity index (χ0) is 18.7. The Morgan fingerprint density at radius 2 is 1.92 bits per heavy atom. The van der Waals surface area contributed by atoms with E-state index in [0.29, 0.717) is 17.3 Å². The average molecular weight is 392 g/mol. The number of nitrogens with one attached hydrogen (secondary N) is 2. The fourth-order valence-electron chi connectivity index (χ4n) is 2.57. The maximum Gasteiger partial charge on any atom is 0.286 e. The van der Waals surface area contributed by atoms with Gasteiger partial charge in [-0.2, -0.15) is 8.42 Å². The summed E-state index contributed by atoms with van der Waals surface area (Å²) in [5.74, 6) is 0.0848. The minimum absolute atomic E-state index is 0.135. The number of hydrogen-bond donors (Lipinski definition) is 2. The SMILES string of the molecule is Cc1ccc2c(c1)NC(CCC(=O)NCc1ccc(Cl)cc1)=NS2(=O)=O. The van der Waals surface area contributed by atoms with Gasteiger partial charge in [0.25, 0.3) is 10.0 Å². The van der Waals surface area contributed by atoms with Crippen LogP contribution in [0.2, 0.25) is 5.02 Å². The Labute approximate surface area is 157 Å². The highest BCUT2D eigenvalue weighted by molar-refractivity contribution is 7.90. The molecule has 1 aliphatic heterocycles. The van der Waals surface area contributed by atoms with Gasteiger partial charge in [-0.05, 0) is 42.3 Å². The third-order valence-corrected chi connectivity index (χ3v) is 5.54. The van der Waals surface area contributed by atoms with Crippen molar-refractivity contribution in [3.05, 3.63) is 58.6 Å². The average Bonchev–Trinajstić information content (AvgIpc) is 2.58. The molecule has 2 aromatic rings. The highest BCUT2D eigenvalue weighted by Gasteiger charge is 2.24. The van der Waals surface area contributed by atoms with Crippen LogP contribution < -0.4 is 10.6 Å². The molecule has 0 aromatic heterocycles. The molecule has 0 saturated heterocycles. The van der Waals surface area contributed by atoms with Gasteiger partial charge >= 0.3 is 0 Å². The van der Waals surface area contributed by atoms with Crippen LogP contribution >= 0.6 is 11.6 Å². The maximum absolute atomic E-state index is 12.2. The second kappa shape index (κ2) is 7.47. The Balaban J connectivity index is 1.58. The second-order valence-corrected chi connectivity index (χ2v) is 8.05. The summed E-state index contributed by atoms with van der Waals surface area (Å²) in [7, 11) is -3.73. The molecule has 0 radical (unpaired) electrons. The fourth-order valence-corrected chi connectivity index (χ4v) is 3.85. The molecular formula is C18H18ClN3O3S. The summed E-state index contributed by atoms with van der Waals surface area (Å²) in [4.78, 5) is 12.2. The molecule has 0 spiro atoms. The lowest BCUT2D eigenvalue weighted by Crippen LogP contribution is -2.26. The highest BCUT2D eigenvalue weighted by atomic mass is 35.5. The van der Waals surface area contributed by atoms with Crippen molar-refractivity contribution in [2.45, 2.75) is 31.2 Å². The Hall–Kier alpha value is -2.38. The lowest BCUT2D eigenvalue weighted by molar-refractivity contribution is -0.121. The fraction of sp³-hybridized carbons (Fsp3) is 0.222. The molecule has 0 aliphatic carbocycles. The molecule has 26 heavy (non-hydrogen) atoms. The summed E-state index contributed by atoms with van der Waals surface area (Å²) >= 11 is 5.82. The highest BCUT2D eigenvalue weighted by Crippen LogP contribution is 2.28. The van der Waals surface area contributed by atoms with Crippen LogP contribution in [0.1, 0.15) is 24.0 Å². The van der Waals surface area contributed by atoms with Crippen LogP contribution in [0.3, 0.4) is 0 Å². The number of anilines is 1. The van der Waals surface area contributed by atoms with Gasteiger partial charge in [-0.1, -0.05) is 29.8 Å². The molecular weight excluding hydrogens is 374 g/mol. The Bertz CT molecular complexity index is 970. The van der Waals surface area contributed by atoms with Crippen LogP contribution in [0.4, 0.5) is 5.69 Å². The van der Waals surface area contributed by atoms with E-state index >= 15 is 0 Å². The molecule has 2 aromatic carbocycles. The number of carbonyl (C=O) groups is 1. The topological polar surface area (TPSA) is 87.6 Å². The van der Waals surface area contributed by atoms with E-state index < -0.39 is 10.0 Å². The van der Waals surface area contributed by atoms with Gasteiger partial charge in [-0.25, -0.2) is 0 Å². The van der Waals surface area contributed by atoms with Crippen molar-refractivity contribution in [3.8, 4) is 0 Å². The van der Waals surface area contributed by atoms with Crippen molar-refractivity contribution < 1.29 is 13.2 Å². The summed E-state index contributed by atoms with van der Waals surface area (Å²) in [6, 6.07) is 12.2. The van der Waals surface area contributed by atoms with Gasteiger partial charge < -0.3 is 10.6 Å². The van der Waals surface area contributed by atoms with E-state index in [1.807, 2.05) is 19.1 Å². The van der Waals surface area contributed by atoms with Crippen LogP contribution in [0, 0.1) is 6.92 Å². The molecule has 0 atom stereocenters. The summed E-state index contributed by atoms with van der Waals surface area (Å²) in [6.45, 7) is 2.26. The predicted octanol–water partition coefficient (Wildman–Crippen LogP) is 3.26. The number of halogens is 1. The number of hydrogen-bond acceptors (Lipinski definition) is 4. The number of nitrogens with zero attached hydrogens (tertiary/aromatic N) is 1. The van der Waals surface area contributed by atoms with E-state index in [4.69, 9.17) is 11.6 Å². The van der Waals surface area contributed by atoms with Crippen LogP contribution in [0.5, 0.6) is 0 Å². The van der Waals surface area contributed by atoms with Crippen LogP contribution in [0.25, 0.3) is 0 Å². The minimum Gasteiger partial charge on any atom is -0.352 e. The van der Waals surface area contributed by atoms with Gasteiger partial charge in [0.15, 0.2) is 0 Å². The molecule has 0 saturated carbocycles. The van der Waals surface area contributed by atoms with Crippen LogP contribution in [0.15, 0.2) is 51.8 Å². The van der Waals surface area contributed by atoms with Gasteiger partial charge in [0.2, 0.25) is 5.91 Å². The first kappa shape index (κ1) is 18.4. The number of benzene rings is 2. The van der Waals surface area contributed by atoms with E-state index in [9.17, 15) is 13.2 Å². The van der Waals surface area contributed by atoms with E-state index in [2.05, 4.69) is 15.0 Å². The number of amides is 1. The number of fused-ring (bicyclic) bond motifs is 1. The quantitative estimate of drug-likeness (QED) is 0.818. The first-order chi connectivity index (χ1) is 12.3. The second-order valence-electron chi connectivity index (χ2n) is 6.04. The van der Waals surface area contributed by atoms with E-state index in [1.165, 1.54) is 6.07 Å². The lowest BCUT2D eigenvalue weighted by atomic mass is 10.2. The number of carbonyl (C=O) groups excluding carboxylic acids is 1. The first-order valence-corrected chi connectivity index (χ1v) is 9.88. The molecule has 6 nitrogen and oxygen atoms in total. The monoisotopic (exact) mass is 391 g/mol. The van der Waals surface area contributed by atoms with Gasteiger partial charge in [0.1, 0.15) is 10.7 Å². The number of amidine groups is 1. The number of rotatable bonds is 5. The molecule has 0 fully saturated rings. The first-order valence-electron chi connectivity index (χ1n) is 8.06. The summed E-state index contributed by atoms with van der Waals surface area (Å²) in [5.41, 5.74) is 2.37. The maximum atomic E-state index is 12.2. The van der Waals surface area contributed by atoms with E-state index in [-0.39, 0.29) is 29.5 Å². The van der Waals surface area contributed by atoms with E-state index in [0.717, 1.165) is 11.1 Å². The van der Waals surface area contributed by atoms with Crippen molar-refractivity contribution >= 4 is 39.1 Å². The van der Waals surface area contributed by atoms with Crippen molar-refractivity contribution in [1.82, 2.24) is 5.32 Å². The largest absolute Gasteiger partial charge is 0.352 e. The van der Waals surface area contributed by atoms with Crippen molar-refractivity contribution in [1.29, 1.82) is 0 Å². The van der Waals surface area contributed by atoms with Gasteiger partial charge in [-0.15, -0.1) is 4.40 Å². The van der Waals surface area contributed by atoms with Crippen LogP contribution in [-0.4, -0.2) is 20.2 Å². The summed E-state index contributed by atoms with van der Waals surface area (Å²) < 4.78 is 28.2. The standard InChI is InChI=1S/C18H18ClN3O3S/c1-12-2-7-16-15(10-12)21-17(22-26(16,24)25)8-9-18(23)20-11-13-3-5-14(19)6-4-13/h2-7,10H,8-9,11H2,1H3,(H,20,23)(H,21,22). The van der Waals surface area contributed by atoms with Crippen molar-refractivity contribution in [2.24, 2.45) is 4.40 Å². The lowest BCUT2D eigenvalue weighted by Gasteiger charge is -2.18. The molecule has 2 N–H and O–H groups in total. The summed E-state index contributed by atoms with van der Waals surface area (Å²) in [6.07, 6.45) is 0.342. The summed E-state index contributed by atoms with van der Waals surface area (Å²) in [5, 5.41) is 6.43. The third kappa shape index (κ3) is 4.42. The van der Waals surface area contributed by atoms with Crippen molar-refractivity contribution in [3.63, 3.8) is 0 Å². The van der Waals surface area contributed by atoms with Gasteiger partial charge in [0, 0.05) is 24.4 Å². The zero-order valence-corrected chi connectivity index (χ0v) is 15.7. The normalized spacial score (nSPS) is 14.8. The molecule has 1 aliphatic rings. The molecule has 3 rings (SSSR count). The van der Waals surface area contributed by atoms with Crippen LogP contribution in [-0.2, 0) is 21.4 Å². The smallest absolute Gasteiger partial charge is 0.286 e.